The molecule has 14 nitrogen and oxygen atoms in total. The third-order valence-corrected chi connectivity index (χ3v) is 11.8. The lowest BCUT2D eigenvalue weighted by Gasteiger charge is -2.49. The first-order valence-corrected chi connectivity index (χ1v) is 18.7. The van der Waals surface area contributed by atoms with E-state index in [9.17, 15) is 25.2 Å². The van der Waals surface area contributed by atoms with E-state index in [0.29, 0.717) is 18.7 Å². The lowest BCUT2D eigenvalue weighted by molar-refractivity contribution is -0.318. The number of fused-ring (bicyclic) bond motifs is 2. The van der Waals surface area contributed by atoms with Gasteiger partial charge in [0.15, 0.2) is 24.6 Å². The van der Waals surface area contributed by atoms with Gasteiger partial charge < -0.3 is 58.5 Å². The van der Waals surface area contributed by atoms with Crippen molar-refractivity contribution < 1.29 is 58.4 Å². The van der Waals surface area contributed by atoms with Crippen molar-refractivity contribution >= 4 is 11.9 Å². The minimum Gasteiger partial charge on any atom is -0.472 e. The lowest BCUT2D eigenvalue weighted by Crippen LogP contribution is -2.61. The van der Waals surface area contributed by atoms with E-state index in [1.807, 2.05) is 53.6 Å². The Morgan fingerprint density at radius 3 is 2.20 bits per heavy atom. The smallest absolute Gasteiger partial charge is 0.311 e. The summed E-state index contributed by atoms with van der Waals surface area (Å²) in [5.74, 6) is -2.40. The van der Waals surface area contributed by atoms with E-state index in [-0.39, 0.29) is 25.0 Å². The molecule has 0 radical (unpaired) electrons. The first-order valence-electron chi connectivity index (χ1n) is 18.7. The Balaban J connectivity index is 1.82. The molecule has 2 bridgehead atoms. The molecule has 18 atom stereocenters. The summed E-state index contributed by atoms with van der Waals surface area (Å²) in [6.07, 6.45) is -7.58. The van der Waals surface area contributed by atoms with Crippen molar-refractivity contribution in [2.75, 3.05) is 21.2 Å². The summed E-state index contributed by atoms with van der Waals surface area (Å²) in [4.78, 5) is 20.9. The molecule has 4 N–H and O–H groups in total. The monoisotopic (exact) mass is 730 g/mol. The van der Waals surface area contributed by atoms with Crippen LogP contribution in [0.5, 0.6) is 0 Å². The fourth-order valence-corrected chi connectivity index (χ4v) is 8.66. The number of aliphatic hydroxyl groups excluding tert-OH is 2. The molecule has 296 valence electrons. The molecule has 4 aliphatic rings. The van der Waals surface area contributed by atoms with Crippen LogP contribution in [-0.4, -0.2) is 149 Å². The van der Waals surface area contributed by atoms with Gasteiger partial charge in [-0.2, -0.15) is 0 Å². The summed E-state index contributed by atoms with van der Waals surface area (Å²) in [7, 11) is 5.28. The van der Waals surface area contributed by atoms with E-state index in [1.54, 1.807) is 34.6 Å². The van der Waals surface area contributed by atoms with Crippen LogP contribution in [0.15, 0.2) is 4.99 Å². The average Bonchev–Trinajstić information content (AvgIpc) is 3.46. The van der Waals surface area contributed by atoms with Crippen LogP contribution in [0, 0.1) is 17.8 Å². The number of cyclic esters (lactones) is 1. The van der Waals surface area contributed by atoms with E-state index in [2.05, 4.69) is 0 Å². The van der Waals surface area contributed by atoms with Crippen LogP contribution < -0.4 is 0 Å². The van der Waals surface area contributed by atoms with Gasteiger partial charge in [0.05, 0.1) is 47.6 Å². The molecule has 0 aromatic heterocycles. The Morgan fingerprint density at radius 1 is 0.961 bits per heavy atom. The molecule has 3 unspecified atom stereocenters. The molecule has 0 aromatic rings. The van der Waals surface area contributed by atoms with E-state index in [4.69, 9.17) is 38.2 Å². The molecule has 51 heavy (non-hydrogen) atoms. The molecule has 0 saturated carbocycles. The highest BCUT2D eigenvalue weighted by Crippen LogP contribution is 2.41. The molecule has 0 spiro atoms. The second-order valence-electron chi connectivity index (χ2n) is 16.6. The number of aliphatic imine (C=N–C) groups is 1. The number of likely N-dealkylation sites (N-methyl/N-ethyl adjacent to an activating group) is 1. The zero-order valence-corrected chi connectivity index (χ0v) is 32.9. The molecule has 4 rings (SSSR count). The number of nitrogens with zero attached hydrogens (tertiary/aromatic N) is 2. The van der Waals surface area contributed by atoms with Gasteiger partial charge in [-0.1, -0.05) is 20.8 Å². The maximum atomic E-state index is 14.2. The van der Waals surface area contributed by atoms with Gasteiger partial charge in [0.25, 0.3) is 0 Å². The molecule has 0 aromatic carbocycles. The van der Waals surface area contributed by atoms with Crippen LogP contribution in [-0.2, 0) is 38.0 Å². The van der Waals surface area contributed by atoms with Gasteiger partial charge in [-0.25, -0.2) is 4.99 Å². The van der Waals surface area contributed by atoms with Gasteiger partial charge in [-0.3, -0.25) is 4.79 Å². The summed E-state index contributed by atoms with van der Waals surface area (Å²) in [6.45, 7) is 17.7. The molecule has 3 fully saturated rings. The largest absolute Gasteiger partial charge is 0.472 e. The quantitative estimate of drug-likeness (QED) is 0.281. The molecular formula is C37H66N2O12. The van der Waals surface area contributed by atoms with Crippen LogP contribution >= 0.6 is 0 Å². The fourth-order valence-electron chi connectivity index (χ4n) is 8.66. The minimum absolute atomic E-state index is 0.117. The maximum Gasteiger partial charge on any atom is 0.311 e. The Hall–Kier alpha value is -1.46. The predicted octanol–water partition coefficient (Wildman–Crippen LogP) is 2.41. The normalized spacial score (nSPS) is 50.3. The summed E-state index contributed by atoms with van der Waals surface area (Å²) in [5.41, 5.74) is -4.22. The lowest BCUT2D eigenvalue weighted by atomic mass is 9.77. The Bertz CT molecular complexity index is 1220. The number of esters is 1. The van der Waals surface area contributed by atoms with Crippen molar-refractivity contribution in [3.8, 4) is 0 Å². The van der Waals surface area contributed by atoms with E-state index >= 15 is 0 Å². The zero-order valence-electron chi connectivity index (χ0n) is 32.9. The molecule has 4 aliphatic heterocycles. The number of hydrogen-bond donors (Lipinski definition) is 4. The average molecular weight is 731 g/mol. The zero-order chi connectivity index (χ0) is 38.4. The van der Waals surface area contributed by atoms with Crippen molar-refractivity contribution in [3.05, 3.63) is 0 Å². The third-order valence-electron chi connectivity index (χ3n) is 11.8. The highest BCUT2D eigenvalue weighted by atomic mass is 16.7. The number of hydrogen-bond acceptors (Lipinski definition) is 14. The van der Waals surface area contributed by atoms with Crippen molar-refractivity contribution in [3.63, 3.8) is 0 Å². The second-order valence-corrected chi connectivity index (χ2v) is 16.6. The number of rotatable bonds is 7. The van der Waals surface area contributed by atoms with Gasteiger partial charge in [-0.05, 0) is 81.8 Å². The van der Waals surface area contributed by atoms with Crippen molar-refractivity contribution in [2.45, 2.75) is 185 Å². The van der Waals surface area contributed by atoms with Gasteiger partial charge in [0.1, 0.15) is 23.9 Å². The van der Waals surface area contributed by atoms with Gasteiger partial charge in [0, 0.05) is 31.4 Å². The van der Waals surface area contributed by atoms with Crippen LogP contribution in [0.1, 0.15) is 94.9 Å². The first kappa shape index (κ1) is 42.3. The number of methoxy groups -OCH3 is 1. The van der Waals surface area contributed by atoms with Crippen molar-refractivity contribution in [2.24, 2.45) is 22.7 Å². The first-order chi connectivity index (χ1) is 23.6. The van der Waals surface area contributed by atoms with Gasteiger partial charge in [-0.15, -0.1) is 0 Å². The van der Waals surface area contributed by atoms with Crippen LogP contribution in [0.4, 0.5) is 0 Å². The van der Waals surface area contributed by atoms with Crippen LogP contribution in [0.2, 0.25) is 0 Å². The molecular weight excluding hydrogens is 664 g/mol. The van der Waals surface area contributed by atoms with Crippen molar-refractivity contribution in [1.82, 2.24) is 4.90 Å². The topological polar surface area (TPSA) is 178 Å². The molecule has 4 heterocycles. The fraction of sp³-hybridized carbons (Fsp3) is 0.946. The van der Waals surface area contributed by atoms with Gasteiger partial charge >= 0.3 is 5.97 Å². The third kappa shape index (κ3) is 8.76. The van der Waals surface area contributed by atoms with Crippen LogP contribution in [0.3, 0.4) is 0 Å². The number of carbonyl (C=O) groups is 1. The van der Waals surface area contributed by atoms with Crippen LogP contribution in [0.25, 0.3) is 0 Å². The number of ether oxygens (including phenoxy) is 7. The summed E-state index contributed by atoms with van der Waals surface area (Å²) >= 11 is 0. The highest BCUT2D eigenvalue weighted by molar-refractivity contribution is 5.80. The Labute approximate surface area is 304 Å². The standard InChI is InChI=1S/C37H66N2O12/c1-14-25-37(10,44)31-22(6)38-32(50-31)18(2)16-35(8,43)30(51-34-27(40)24(39(11)12)15-19(3)46-34)20(4)28(21(5)33(42)48-25)49-26-17-36(9,45-13)29(41)23(7)47-26/h18-31,34,40-41,43-44H,14-17H2,1-13H3/t18-,19?,20+,21-,22-,23?,24-,25-,26+,27?,28+,29+,30-,31-,34+,35-,36+,37-/m1/s1. The Kier molecular flexibility index (Phi) is 13.4. The van der Waals surface area contributed by atoms with E-state index in [0.717, 1.165) is 0 Å². The predicted molar refractivity (Wildman–Crippen MR) is 188 cm³/mol. The van der Waals surface area contributed by atoms with E-state index in [1.165, 1.54) is 7.11 Å². The molecule has 3 saturated heterocycles. The number of aliphatic hydroxyl groups is 4. The van der Waals surface area contributed by atoms with Crippen molar-refractivity contribution in [1.29, 1.82) is 0 Å². The summed E-state index contributed by atoms with van der Waals surface area (Å²) in [6, 6.07) is -0.725. The maximum absolute atomic E-state index is 14.2. The second kappa shape index (κ2) is 16.1. The minimum atomic E-state index is -1.62. The molecule has 0 amide bonds. The SMILES string of the molecule is CC[C@H]1OC(=O)[C@H](C)[C@@H](O[C@H]2C[C@](C)(OC)[C@@H](O)C(C)O2)[C@H](C)[C@@H](O[C@@H]2OC(C)C[C@@H](N(C)C)C2O)[C@](C)(O)C[C@@H](C)C2=N[C@H](C)[C@@H](O2)[C@]1(C)O. The summed E-state index contributed by atoms with van der Waals surface area (Å²) in [5, 5.41) is 46.8. The number of carbonyl (C=O) groups excluding carboxylic acids is 1. The highest BCUT2D eigenvalue weighted by Gasteiger charge is 2.54. The summed E-state index contributed by atoms with van der Waals surface area (Å²) < 4.78 is 43.9. The molecule has 0 aliphatic carbocycles. The van der Waals surface area contributed by atoms with E-state index < -0.39 is 102 Å². The Morgan fingerprint density at radius 2 is 1.61 bits per heavy atom. The molecule has 14 heteroatoms. The van der Waals surface area contributed by atoms with Gasteiger partial charge in [0.2, 0.25) is 0 Å².